The Bertz CT molecular complexity index is 373. The summed E-state index contributed by atoms with van der Waals surface area (Å²) in [5.41, 5.74) is 0.793. The molecule has 0 amide bonds. The van der Waals surface area contributed by atoms with E-state index in [0.717, 1.165) is 11.5 Å². The fraction of sp³-hybridized carbons (Fsp3) is 0.455. The van der Waals surface area contributed by atoms with E-state index in [1.54, 1.807) is 6.92 Å². The van der Waals surface area contributed by atoms with E-state index in [1.165, 1.54) is 0 Å². The SMILES string of the molecule is CC(=O)Cc1cccc(N2CC(O)C2)n1. The number of pyridine rings is 1. The molecule has 0 radical (unpaired) electrons. The summed E-state index contributed by atoms with van der Waals surface area (Å²) in [6.07, 6.45) is 0.146. The molecule has 0 aliphatic carbocycles. The van der Waals surface area contributed by atoms with Crippen molar-refractivity contribution in [3.05, 3.63) is 23.9 Å². The minimum Gasteiger partial charge on any atom is -0.389 e. The lowest BCUT2D eigenvalue weighted by molar-refractivity contribution is -0.116. The average Bonchev–Trinajstić information content (AvgIpc) is 2.12. The summed E-state index contributed by atoms with van der Waals surface area (Å²) in [6, 6.07) is 5.64. The van der Waals surface area contributed by atoms with Gasteiger partial charge in [-0.05, 0) is 19.1 Å². The van der Waals surface area contributed by atoms with Crippen LogP contribution in [0.25, 0.3) is 0 Å². The molecule has 4 heteroatoms. The summed E-state index contributed by atoms with van der Waals surface area (Å²) in [5, 5.41) is 9.17. The predicted molar refractivity (Wildman–Crippen MR) is 56.8 cm³/mol. The van der Waals surface area contributed by atoms with Crippen LogP contribution in [0.5, 0.6) is 0 Å². The second-order valence-electron chi connectivity index (χ2n) is 3.92. The van der Waals surface area contributed by atoms with E-state index in [9.17, 15) is 9.90 Å². The Morgan fingerprint density at radius 1 is 1.60 bits per heavy atom. The zero-order chi connectivity index (χ0) is 10.8. The number of aromatic nitrogens is 1. The van der Waals surface area contributed by atoms with Gasteiger partial charge in [-0.1, -0.05) is 6.07 Å². The minimum absolute atomic E-state index is 0.114. The highest BCUT2D eigenvalue weighted by molar-refractivity contribution is 5.77. The average molecular weight is 206 g/mol. The monoisotopic (exact) mass is 206 g/mol. The largest absolute Gasteiger partial charge is 0.389 e. The summed E-state index contributed by atoms with van der Waals surface area (Å²) in [6.45, 7) is 2.83. The van der Waals surface area contributed by atoms with Crippen LogP contribution >= 0.6 is 0 Å². The van der Waals surface area contributed by atoms with Crippen LogP contribution in [0.2, 0.25) is 0 Å². The van der Waals surface area contributed by atoms with Gasteiger partial charge in [0.1, 0.15) is 11.6 Å². The number of hydrogen-bond acceptors (Lipinski definition) is 4. The van der Waals surface area contributed by atoms with E-state index in [4.69, 9.17) is 0 Å². The molecule has 1 aromatic heterocycles. The molecule has 80 valence electrons. The van der Waals surface area contributed by atoms with Crippen LogP contribution < -0.4 is 4.90 Å². The zero-order valence-corrected chi connectivity index (χ0v) is 8.68. The standard InChI is InChI=1S/C11H14N2O2/c1-8(14)5-9-3-2-4-11(12-9)13-6-10(15)7-13/h2-4,10,15H,5-7H2,1H3. The highest BCUT2D eigenvalue weighted by Gasteiger charge is 2.25. The third-order valence-corrected chi connectivity index (χ3v) is 2.41. The van der Waals surface area contributed by atoms with E-state index in [0.29, 0.717) is 19.5 Å². The Hall–Kier alpha value is -1.42. The van der Waals surface area contributed by atoms with Crippen molar-refractivity contribution in [2.75, 3.05) is 18.0 Å². The first kappa shape index (κ1) is 10.1. The van der Waals surface area contributed by atoms with Gasteiger partial charge in [-0.2, -0.15) is 0 Å². The molecular formula is C11H14N2O2. The van der Waals surface area contributed by atoms with Crippen LogP contribution in [-0.2, 0) is 11.2 Å². The van der Waals surface area contributed by atoms with Gasteiger partial charge in [0.15, 0.2) is 0 Å². The van der Waals surface area contributed by atoms with Crippen LogP contribution in [-0.4, -0.2) is 35.1 Å². The molecule has 15 heavy (non-hydrogen) atoms. The van der Waals surface area contributed by atoms with Crippen molar-refractivity contribution >= 4 is 11.6 Å². The van der Waals surface area contributed by atoms with Crippen molar-refractivity contribution in [2.24, 2.45) is 0 Å². The molecule has 0 saturated carbocycles. The van der Waals surface area contributed by atoms with E-state index < -0.39 is 0 Å². The van der Waals surface area contributed by atoms with Crippen molar-refractivity contribution in [2.45, 2.75) is 19.4 Å². The molecule has 1 aliphatic rings. The van der Waals surface area contributed by atoms with Gasteiger partial charge in [0.05, 0.1) is 11.8 Å². The molecule has 4 nitrogen and oxygen atoms in total. The lowest BCUT2D eigenvalue weighted by atomic mass is 10.1. The van der Waals surface area contributed by atoms with Gasteiger partial charge >= 0.3 is 0 Å². The first-order valence-electron chi connectivity index (χ1n) is 5.03. The fourth-order valence-corrected chi connectivity index (χ4v) is 1.64. The summed E-state index contributed by atoms with van der Waals surface area (Å²) >= 11 is 0. The molecule has 1 N–H and O–H groups in total. The zero-order valence-electron chi connectivity index (χ0n) is 8.68. The lowest BCUT2D eigenvalue weighted by Gasteiger charge is -2.36. The predicted octanol–water partition coefficient (Wildman–Crippen LogP) is 0.394. The molecule has 2 rings (SSSR count). The Labute approximate surface area is 88.6 Å². The van der Waals surface area contributed by atoms with Crippen LogP contribution in [0, 0.1) is 0 Å². The molecule has 1 fully saturated rings. The maximum absolute atomic E-state index is 10.9. The highest BCUT2D eigenvalue weighted by atomic mass is 16.3. The number of aliphatic hydroxyl groups is 1. The first-order valence-corrected chi connectivity index (χ1v) is 5.03. The second-order valence-corrected chi connectivity index (χ2v) is 3.92. The quantitative estimate of drug-likeness (QED) is 0.777. The molecule has 0 atom stereocenters. The van der Waals surface area contributed by atoms with Gasteiger partial charge in [-0.15, -0.1) is 0 Å². The summed E-state index contributed by atoms with van der Waals surface area (Å²) in [4.78, 5) is 17.3. The molecule has 0 spiro atoms. The molecular weight excluding hydrogens is 192 g/mol. The van der Waals surface area contributed by atoms with Crippen molar-refractivity contribution in [3.8, 4) is 0 Å². The molecule has 1 saturated heterocycles. The van der Waals surface area contributed by atoms with Gasteiger partial charge in [-0.25, -0.2) is 4.98 Å². The number of ketones is 1. The number of rotatable bonds is 3. The number of carbonyl (C=O) groups excluding carboxylic acids is 1. The molecule has 2 heterocycles. The fourth-order valence-electron chi connectivity index (χ4n) is 1.64. The van der Waals surface area contributed by atoms with E-state index in [-0.39, 0.29) is 11.9 Å². The highest BCUT2D eigenvalue weighted by Crippen LogP contribution is 2.18. The molecule has 0 bridgehead atoms. The van der Waals surface area contributed by atoms with Gasteiger partial charge in [0.2, 0.25) is 0 Å². The lowest BCUT2D eigenvalue weighted by Crippen LogP contribution is -2.51. The van der Waals surface area contributed by atoms with E-state index in [2.05, 4.69) is 4.98 Å². The third-order valence-electron chi connectivity index (χ3n) is 2.41. The summed E-state index contributed by atoms with van der Waals surface area (Å²) < 4.78 is 0. The number of nitrogens with zero attached hydrogens (tertiary/aromatic N) is 2. The molecule has 1 aliphatic heterocycles. The normalized spacial score (nSPS) is 16.3. The van der Waals surface area contributed by atoms with Crippen molar-refractivity contribution in [1.29, 1.82) is 0 Å². The maximum atomic E-state index is 10.9. The van der Waals surface area contributed by atoms with Crippen molar-refractivity contribution in [1.82, 2.24) is 4.98 Å². The number of aliphatic hydroxyl groups excluding tert-OH is 1. The Kier molecular flexibility index (Phi) is 2.68. The molecule has 1 aromatic rings. The molecule has 0 unspecified atom stereocenters. The van der Waals surface area contributed by atoms with Gasteiger partial charge in [0.25, 0.3) is 0 Å². The number of β-amino-alcohol motifs (C(OH)–C–C–N with tert-alkyl or cyclic N) is 1. The Morgan fingerprint density at radius 3 is 2.93 bits per heavy atom. The van der Waals surface area contributed by atoms with Crippen LogP contribution in [0.1, 0.15) is 12.6 Å². The second kappa shape index (κ2) is 3.98. The van der Waals surface area contributed by atoms with Crippen LogP contribution in [0.15, 0.2) is 18.2 Å². The number of hydrogen-bond donors (Lipinski definition) is 1. The smallest absolute Gasteiger partial charge is 0.135 e. The van der Waals surface area contributed by atoms with E-state index in [1.807, 2.05) is 23.1 Å². The van der Waals surface area contributed by atoms with Crippen LogP contribution in [0.3, 0.4) is 0 Å². The van der Waals surface area contributed by atoms with Gasteiger partial charge < -0.3 is 10.0 Å². The first-order chi connectivity index (χ1) is 7.15. The number of carbonyl (C=O) groups is 1. The summed E-state index contributed by atoms with van der Waals surface area (Å²) in [7, 11) is 0. The van der Waals surface area contributed by atoms with Crippen LogP contribution in [0.4, 0.5) is 5.82 Å². The number of Topliss-reactive ketones (excluding diaryl/α,β-unsaturated/α-hetero) is 1. The number of anilines is 1. The van der Waals surface area contributed by atoms with Gasteiger partial charge in [-0.3, -0.25) is 4.79 Å². The van der Waals surface area contributed by atoms with Crippen molar-refractivity contribution < 1.29 is 9.90 Å². The topological polar surface area (TPSA) is 53.4 Å². The molecule has 0 aromatic carbocycles. The summed E-state index contributed by atoms with van der Waals surface area (Å²) in [5.74, 6) is 0.961. The van der Waals surface area contributed by atoms with Crippen molar-refractivity contribution in [3.63, 3.8) is 0 Å². The third kappa shape index (κ3) is 2.33. The van der Waals surface area contributed by atoms with Gasteiger partial charge in [0, 0.05) is 19.5 Å². The van der Waals surface area contributed by atoms with E-state index >= 15 is 0 Å². The maximum Gasteiger partial charge on any atom is 0.135 e. The Morgan fingerprint density at radius 2 is 2.33 bits per heavy atom. The Balaban J connectivity index is 2.09. The minimum atomic E-state index is -0.233.